The SMILES string of the molecule is CCC(CSC)Nc1nc(N)nc2sccc12. The van der Waals surface area contributed by atoms with Gasteiger partial charge in [-0.15, -0.1) is 11.3 Å². The quantitative estimate of drug-likeness (QED) is 0.873. The fraction of sp³-hybridized carbons (Fsp3) is 0.455. The van der Waals surface area contributed by atoms with Crippen molar-refractivity contribution in [3.8, 4) is 0 Å². The number of anilines is 2. The molecule has 2 heterocycles. The van der Waals surface area contributed by atoms with Gasteiger partial charge in [-0.05, 0) is 24.1 Å². The van der Waals surface area contributed by atoms with Crippen LogP contribution in [0.25, 0.3) is 10.2 Å². The maximum absolute atomic E-state index is 5.71. The lowest BCUT2D eigenvalue weighted by atomic mass is 10.2. The van der Waals surface area contributed by atoms with Crippen LogP contribution in [-0.2, 0) is 0 Å². The predicted molar refractivity (Wildman–Crippen MR) is 77.9 cm³/mol. The van der Waals surface area contributed by atoms with Crippen molar-refractivity contribution in [1.82, 2.24) is 9.97 Å². The monoisotopic (exact) mass is 268 g/mol. The van der Waals surface area contributed by atoms with Crippen LogP contribution in [0.1, 0.15) is 13.3 Å². The highest BCUT2D eigenvalue weighted by Crippen LogP contribution is 2.26. The van der Waals surface area contributed by atoms with Gasteiger partial charge in [-0.2, -0.15) is 16.7 Å². The molecule has 0 aliphatic carbocycles. The molecule has 0 saturated heterocycles. The normalized spacial score (nSPS) is 12.8. The van der Waals surface area contributed by atoms with E-state index >= 15 is 0 Å². The highest BCUT2D eigenvalue weighted by Gasteiger charge is 2.11. The first-order chi connectivity index (χ1) is 8.24. The van der Waals surface area contributed by atoms with Gasteiger partial charge in [0.15, 0.2) is 0 Å². The van der Waals surface area contributed by atoms with E-state index in [1.165, 1.54) is 0 Å². The Balaban J connectivity index is 2.30. The van der Waals surface area contributed by atoms with E-state index in [9.17, 15) is 0 Å². The van der Waals surface area contributed by atoms with Gasteiger partial charge >= 0.3 is 0 Å². The Morgan fingerprint density at radius 2 is 2.35 bits per heavy atom. The zero-order valence-corrected chi connectivity index (χ0v) is 11.6. The second-order valence-corrected chi connectivity index (χ2v) is 5.58. The third-order valence-electron chi connectivity index (χ3n) is 2.54. The molecule has 1 atom stereocenters. The molecule has 2 rings (SSSR count). The number of nitrogen functional groups attached to an aromatic ring is 1. The van der Waals surface area contributed by atoms with Crippen LogP contribution in [0.2, 0.25) is 0 Å². The van der Waals surface area contributed by atoms with Gasteiger partial charge in [0, 0.05) is 11.8 Å². The molecule has 0 aliphatic heterocycles. The molecule has 17 heavy (non-hydrogen) atoms. The first-order valence-electron chi connectivity index (χ1n) is 5.50. The van der Waals surface area contributed by atoms with Crippen LogP contribution in [0.5, 0.6) is 0 Å². The number of fused-ring (bicyclic) bond motifs is 1. The minimum atomic E-state index is 0.335. The molecule has 0 aliphatic rings. The number of thioether (sulfide) groups is 1. The van der Waals surface area contributed by atoms with E-state index in [4.69, 9.17) is 5.73 Å². The number of aromatic nitrogens is 2. The third kappa shape index (κ3) is 2.81. The molecule has 0 aromatic carbocycles. The molecule has 2 aromatic heterocycles. The third-order valence-corrected chi connectivity index (χ3v) is 4.09. The molecule has 0 bridgehead atoms. The zero-order chi connectivity index (χ0) is 12.3. The number of hydrogen-bond acceptors (Lipinski definition) is 6. The van der Waals surface area contributed by atoms with Crippen LogP contribution in [0.4, 0.5) is 11.8 Å². The van der Waals surface area contributed by atoms with Crippen molar-refractivity contribution in [3.63, 3.8) is 0 Å². The van der Waals surface area contributed by atoms with Crippen molar-refractivity contribution in [2.24, 2.45) is 0 Å². The Bertz CT molecular complexity index is 497. The average molecular weight is 268 g/mol. The Kier molecular flexibility index (Phi) is 4.06. The molecule has 0 radical (unpaired) electrons. The van der Waals surface area contributed by atoms with E-state index in [2.05, 4.69) is 28.5 Å². The van der Waals surface area contributed by atoms with Crippen LogP contribution < -0.4 is 11.1 Å². The number of nitrogens with zero attached hydrogens (tertiary/aromatic N) is 2. The van der Waals surface area contributed by atoms with E-state index in [-0.39, 0.29) is 0 Å². The topological polar surface area (TPSA) is 63.8 Å². The molecule has 0 saturated carbocycles. The summed E-state index contributed by atoms with van der Waals surface area (Å²) >= 11 is 3.42. The van der Waals surface area contributed by atoms with Crippen molar-refractivity contribution in [1.29, 1.82) is 0 Å². The van der Waals surface area contributed by atoms with E-state index < -0.39 is 0 Å². The van der Waals surface area contributed by atoms with Crippen LogP contribution >= 0.6 is 23.1 Å². The van der Waals surface area contributed by atoms with Crippen LogP contribution in [0.3, 0.4) is 0 Å². The summed E-state index contributed by atoms with van der Waals surface area (Å²) in [5.74, 6) is 2.25. The molecule has 0 fully saturated rings. The second-order valence-electron chi connectivity index (χ2n) is 3.77. The van der Waals surface area contributed by atoms with Gasteiger partial charge in [0.1, 0.15) is 10.6 Å². The first kappa shape index (κ1) is 12.4. The number of nitrogens with two attached hydrogens (primary N) is 1. The molecule has 0 amide bonds. The van der Waals surface area contributed by atoms with E-state index in [1.54, 1.807) is 11.3 Å². The lowest BCUT2D eigenvalue weighted by molar-refractivity contribution is 0.771. The Morgan fingerprint density at radius 1 is 1.53 bits per heavy atom. The minimum Gasteiger partial charge on any atom is -0.368 e. The van der Waals surface area contributed by atoms with Crippen molar-refractivity contribution in [2.45, 2.75) is 19.4 Å². The van der Waals surface area contributed by atoms with Gasteiger partial charge in [-0.3, -0.25) is 0 Å². The smallest absolute Gasteiger partial charge is 0.223 e. The molecule has 3 N–H and O–H groups in total. The minimum absolute atomic E-state index is 0.335. The van der Waals surface area contributed by atoms with E-state index in [0.29, 0.717) is 12.0 Å². The zero-order valence-electron chi connectivity index (χ0n) is 9.93. The van der Waals surface area contributed by atoms with Gasteiger partial charge in [0.2, 0.25) is 5.95 Å². The molecule has 92 valence electrons. The Morgan fingerprint density at radius 3 is 3.06 bits per heavy atom. The van der Waals surface area contributed by atoms with Crippen molar-refractivity contribution >= 4 is 45.1 Å². The number of hydrogen-bond donors (Lipinski definition) is 2. The van der Waals surface area contributed by atoms with E-state index in [1.807, 2.05) is 23.2 Å². The summed E-state index contributed by atoms with van der Waals surface area (Å²) in [6.45, 7) is 2.17. The number of thiophene rings is 1. The number of nitrogens with one attached hydrogen (secondary N) is 1. The Hall–Kier alpha value is -1.01. The fourth-order valence-electron chi connectivity index (χ4n) is 1.64. The molecule has 2 aromatic rings. The largest absolute Gasteiger partial charge is 0.368 e. The van der Waals surface area contributed by atoms with Crippen molar-refractivity contribution in [3.05, 3.63) is 11.4 Å². The van der Waals surface area contributed by atoms with Crippen molar-refractivity contribution in [2.75, 3.05) is 23.1 Å². The summed E-state index contributed by atoms with van der Waals surface area (Å²) < 4.78 is 0. The molecule has 0 spiro atoms. The highest BCUT2D eigenvalue weighted by atomic mass is 32.2. The highest BCUT2D eigenvalue weighted by molar-refractivity contribution is 7.98. The molecule has 1 unspecified atom stereocenters. The fourth-order valence-corrected chi connectivity index (χ4v) is 3.13. The maximum Gasteiger partial charge on any atom is 0.223 e. The van der Waals surface area contributed by atoms with Crippen LogP contribution in [0, 0.1) is 0 Å². The lowest BCUT2D eigenvalue weighted by Crippen LogP contribution is -2.22. The van der Waals surface area contributed by atoms with Crippen LogP contribution in [0.15, 0.2) is 11.4 Å². The first-order valence-corrected chi connectivity index (χ1v) is 7.78. The summed E-state index contributed by atoms with van der Waals surface area (Å²) in [5, 5.41) is 6.53. The lowest BCUT2D eigenvalue weighted by Gasteiger charge is -2.17. The number of rotatable bonds is 5. The predicted octanol–water partition coefficient (Wildman–Crippen LogP) is 2.83. The molecular weight excluding hydrogens is 252 g/mol. The van der Waals surface area contributed by atoms with Crippen molar-refractivity contribution < 1.29 is 0 Å². The summed E-state index contributed by atoms with van der Waals surface area (Å²) in [6.07, 6.45) is 3.18. The molecular formula is C11H16N4S2. The van der Waals surface area contributed by atoms with Gasteiger partial charge in [0.05, 0.1) is 5.39 Å². The molecule has 4 nitrogen and oxygen atoms in total. The summed E-state index contributed by atoms with van der Waals surface area (Å²) in [4.78, 5) is 9.46. The Labute approximate surface area is 109 Å². The van der Waals surface area contributed by atoms with E-state index in [0.717, 1.165) is 28.2 Å². The second kappa shape index (κ2) is 5.55. The molecule has 6 heteroatoms. The summed E-state index contributed by atoms with van der Waals surface area (Å²) in [5.41, 5.74) is 5.71. The van der Waals surface area contributed by atoms with Gasteiger partial charge < -0.3 is 11.1 Å². The van der Waals surface area contributed by atoms with Gasteiger partial charge in [0.25, 0.3) is 0 Å². The summed E-state index contributed by atoms with van der Waals surface area (Å²) in [7, 11) is 0. The maximum atomic E-state index is 5.71. The van der Waals surface area contributed by atoms with Gasteiger partial charge in [-0.1, -0.05) is 6.92 Å². The summed E-state index contributed by atoms with van der Waals surface area (Å²) in [6, 6.07) is 2.45. The standard InChI is InChI=1S/C11H16N4S2/c1-3-7(6-16-2)13-9-8-4-5-17-10(8)15-11(12)14-9/h4-5,7H,3,6H2,1-2H3,(H3,12,13,14,15). The van der Waals surface area contributed by atoms with Crippen LogP contribution in [-0.4, -0.2) is 28.0 Å². The average Bonchev–Trinajstić information content (AvgIpc) is 2.76. The van der Waals surface area contributed by atoms with Gasteiger partial charge in [-0.25, -0.2) is 4.98 Å².